The van der Waals surface area contributed by atoms with Gasteiger partial charge in [-0.05, 0) is 12.5 Å². The average molecular weight is 270 g/mol. The van der Waals surface area contributed by atoms with E-state index in [1.54, 1.807) is 12.4 Å². The predicted octanol–water partition coefficient (Wildman–Crippen LogP) is 1.02. The third-order valence-electron chi connectivity index (χ3n) is 3.34. The van der Waals surface area contributed by atoms with Crippen molar-refractivity contribution in [1.82, 2.24) is 19.7 Å². The van der Waals surface area contributed by atoms with Crippen LogP contribution in [0.5, 0.6) is 0 Å². The fourth-order valence-corrected chi connectivity index (χ4v) is 2.34. The van der Waals surface area contributed by atoms with E-state index in [0.29, 0.717) is 18.1 Å². The van der Waals surface area contributed by atoms with Crippen molar-refractivity contribution in [3.05, 3.63) is 36.0 Å². The number of aromatic nitrogens is 4. The molecule has 3 heterocycles. The Kier molecular flexibility index (Phi) is 3.31. The number of nitrogens with zero attached hydrogens (tertiary/aromatic N) is 5. The van der Waals surface area contributed by atoms with Crippen LogP contribution in [0, 0.1) is 11.3 Å². The second-order valence-electron chi connectivity index (χ2n) is 4.61. The number of nitrogens with one attached hydrogen (secondary N) is 1. The van der Waals surface area contributed by atoms with Gasteiger partial charge in [-0.2, -0.15) is 10.4 Å². The number of anilines is 1. The van der Waals surface area contributed by atoms with Crippen LogP contribution in [0.15, 0.2) is 24.7 Å². The van der Waals surface area contributed by atoms with E-state index in [2.05, 4.69) is 20.4 Å². The monoisotopic (exact) mass is 270 g/mol. The molecule has 1 aliphatic heterocycles. The summed E-state index contributed by atoms with van der Waals surface area (Å²) in [6, 6.07) is 4.02. The van der Waals surface area contributed by atoms with Gasteiger partial charge in [-0.1, -0.05) is 0 Å². The summed E-state index contributed by atoms with van der Waals surface area (Å²) in [6.07, 6.45) is 5.61. The minimum absolute atomic E-state index is 0.0556. The molecule has 0 unspecified atom stereocenters. The Bertz CT molecular complexity index is 629. The molecule has 2 aromatic rings. The van der Waals surface area contributed by atoms with Gasteiger partial charge in [0.2, 0.25) is 0 Å². The molecule has 20 heavy (non-hydrogen) atoms. The third-order valence-corrected chi connectivity index (χ3v) is 3.34. The van der Waals surface area contributed by atoms with Crippen LogP contribution < -0.4 is 5.32 Å². The zero-order valence-electron chi connectivity index (χ0n) is 11.0. The molecule has 0 saturated carbocycles. The Balaban J connectivity index is 1.76. The molecular weight excluding hydrogens is 256 g/mol. The van der Waals surface area contributed by atoms with Crippen LogP contribution >= 0.6 is 0 Å². The van der Waals surface area contributed by atoms with E-state index in [9.17, 15) is 0 Å². The first kappa shape index (κ1) is 12.6. The van der Waals surface area contributed by atoms with Crippen LogP contribution in [0.2, 0.25) is 0 Å². The third kappa shape index (κ3) is 2.33. The number of nitriles is 1. The molecule has 1 N–H and O–H groups in total. The van der Waals surface area contributed by atoms with Crippen LogP contribution in [-0.2, 0) is 11.8 Å². The van der Waals surface area contributed by atoms with Gasteiger partial charge in [0.15, 0.2) is 5.69 Å². The van der Waals surface area contributed by atoms with E-state index in [1.807, 2.05) is 23.9 Å². The van der Waals surface area contributed by atoms with Crippen molar-refractivity contribution in [2.45, 2.75) is 18.6 Å². The molecule has 0 amide bonds. The molecule has 7 nitrogen and oxygen atoms in total. The van der Waals surface area contributed by atoms with Gasteiger partial charge in [-0.3, -0.25) is 4.68 Å². The van der Waals surface area contributed by atoms with Crippen molar-refractivity contribution in [2.24, 2.45) is 7.05 Å². The molecule has 2 atom stereocenters. The molecule has 7 heteroatoms. The van der Waals surface area contributed by atoms with Crippen LogP contribution in [0.1, 0.15) is 23.9 Å². The molecule has 0 spiro atoms. The summed E-state index contributed by atoms with van der Waals surface area (Å²) in [5, 5.41) is 16.2. The van der Waals surface area contributed by atoms with E-state index in [1.165, 1.54) is 6.20 Å². The van der Waals surface area contributed by atoms with Crippen LogP contribution in [0.25, 0.3) is 0 Å². The maximum Gasteiger partial charge on any atom is 0.158 e. The molecule has 0 radical (unpaired) electrons. The number of rotatable bonds is 3. The van der Waals surface area contributed by atoms with E-state index < -0.39 is 0 Å². The Hall–Kier alpha value is -2.46. The first-order chi connectivity index (χ1) is 9.78. The quantitative estimate of drug-likeness (QED) is 0.895. The summed E-state index contributed by atoms with van der Waals surface area (Å²) in [5.74, 6) is 0.645. The van der Waals surface area contributed by atoms with Crippen molar-refractivity contribution in [3.63, 3.8) is 0 Å². The molecule has 0 bridgehead atoms. The van der Waals surface area contributed by atoms with Gasteiger partial charge in [0, 0.05) is 19.9 Å². The van der Waals surface area contributed by atoms with Crippen molar-refractivity contribution in [3.8, 4) is 6.07 Å². The lowest BCUT2D eigenvalue weighted by Gasteiger charge is -2.20. The minimum atomic E-state index is -0.0556. The van der Waals surface area contributed by atoms with E-state index in [0.717, 1.165) is 12.1 Å². The number of hydrogen-bond acceptors (Lipinski definition) is 6. The lowest BCUT2D eigenvalue weighted by molar-refractivity contribution is 0.101. The predicted molar refractivity (Wildman–Crippen MR) is 70.7 cm³/mol. The SMILES string of the molecule is Cn1nccc1[C@H]1OCC[C@@H]1Nc1cnc(C#N)cn1. The van der Waals surface area contributed by atoms with Crippen molar-refractivity contribution >= 4 is 5.82 Å². The molecule has 2 aromatic heterocycles. The lowest BCUT2D eigenvalue weighted by Crippen LogP contribution is -2.25. The Morgan fingerprint density at radius 1 is 1.45 bits per heavy atom. The maximum absolute atomic E-state index is 8.71. The number of hydrogen-bond donors (Lipinski definition) is 1. The van der Waals surface area contributed by atoms with Crippen molar-refractivity contribution in [2.75, 3.05) is 11.9 Å². The molecule has 0 aliphatic carbocycles. The van der Waals surface area contributed by atoms with E-state index in [-0.39, 0.29) is 12.1 Å². The van der Waals surface area contributed by atoms with Gasteiger partial charge >= 0.3 is 0 Å². The number of aryl methyl sites for hydroxylation is 1. The molecule has 1 fully saturated rings. The van der Waals surface area contributed by atoms with Gasteiger partial charge in [0.25, 0.3) is 0 Å². The summed E-state index contributed by atoms with van der Waals surface area (Å²) >= 11 is 0. The van der Waals surface area contributed by atoms with Gasteiger partial charge in [-0.15, -0.1) is 0 Å². The summed E-state index contributed by atoms with van der Waals surface area (Å²) in [4.78, 5) is 8.18. The average Bonchev–Trinajstić information content (AvgIpc) is 3.08. The molecule has 1 saturated heterocycles. The molecule has 0 aromatic carbocycles. The fourth-order valence-electron chi connectivity index (χ4n) is 2.34. The van der Waals surface area contributed by atoms with E-state index >= 15 is 0 Å². The standard InChI is InChI=1S/C13H14N6O/c1-19-11(2-4-17-19)13-10(3-5-20-13)18-12-8-15-9(6-14)7-16-12/h2,4,7-8,10,13H,3,5H2,1H3,(H,16,18)/t10-,13-/m0/s1. The first-order valence-electron chi connectivity index (χ1n) is 6.36. The van der Waals surface area contributed by atoms with Gasteiger partial charge in [-0.25, -0.2) is 9.97 Å². The van der Waals surface area contributed by atoms with Gasteiger partial charge in [0.1, 0.15) is 18.0 Å². The second-order valence-corrected chi connectivity index (χ2v) is 4.61. The summed E-state index contributed by atoms with van der Waals surface area (Å²) < 4.78 is 7.60. The Morgan fingerprint density at radius 2 is 2.35 bits per heavy atom. The second kappa shape index (κ2) is 5.27. The molecular formula is C13H14N6O. The molecule has 1 aliphatic rings. The smallest absolute Gasteiger partial charge is 0.158 e. The van der Waals surface area contributed by atoms with Crippen molar-refractivity contribution < 1.29 is 4.74 Å². The largest absolute Gasteiger partial charge is 0.370 e. The molecule has 3 rings (SSSR count). The minimum Gasteiger partial charge on any atom is -0.370 e. The normalized spacial score (nSPS) is 21.6. The highest BCUT2D eigenvalue weighted by atomic mass is 16.5. The van der Waals surface area contributed by atoms with Crippen molar-refractivity contribution in [1.29, 1.82) is 5.26 Å². The highest BCUT2D eigenvalue weighted by Crippen LogP contribution is 2.30. The summed E-state index contributed by atoms with van der Waals surface area (Å²) in [5.41, 5.74) is 1.34. The zero-order chi connectivity index (χ0) is 13.9. The summed E-state index contributed by atoms with van der Waals surface area (Å²) in [6.45, 7) is 0.692. The van der Waals surface area contributed by atoms with E-state index in [4.69, 9.17) is 10.00 Å². The van der Waals surface area contributed by atoms with Crippen LogP contribution in [-0.4, -0.2) is 32.4 Å². The van der Waals surface area contributed by atoms with Gasteiger partial charge < -0.3 is 10.1 Å². The number of ether oxygens (including phenoxy) is 1. The fraction of sp³-hybridized carbons (Fsp3) is 0.385. The Morgan fingerprint density at radius 3 is 3.00 bits per heavy atom. The Labute approximate surface area is 116 Å². The molecule has 102 valence electrons. The van der Waals surface area contributed by atoms with Crippen LogP contribution in [0.4, 0.5) is 5.82 Å². The lowest BCUT2D eigenvalue weighted by atomic mass is 10.1. The topological polar surface area (TPSA) is 88.6 Å². The van der Waals surface area contributed by atoms with Gasteiger partial charge in [0.05, 0.1) is 24.1 Å². The highest BCUT2D eigenvalue weighted by Gasteiger charge is 2.31. The van der Waals surface area contributed by atoms with Crippen LogP contribution in [0.3, 0.4) is 0 Å². The zero-order valence-corrected chi connectivity index (χ0v) is 11.0. The summed E-state index contributed by atoms with van der Waals surface area (Å²) in [7, 11) is 1.90. The maximum atomic E-state index is 8.71. The first-order valence-corrected chi connectivity index (χ1v) is 6.36. The highest BCUT2D eigenvalue weighted by molar-refractivity contribution is 5.35.